The molecule has 22 heavy (non-hydrogen) atoms. The highest BCUT2D eigenvalue weighted by Gasteiger charge is 2.32. The molecule has 1 saturated carbocycles. The summed E-state index contributed by atoms with van der Waals surface area (Å²) in [4.78, 5) is 14.7. The van der Waals surface area contributed by atoms with E-state index in [1.165, 1.54) is 6.42 Å². The van der Waals surface area contributed by atoms with Crippen LogP contribution in [0.5, 0.6) is 0 Å². The van der Waals surface area contributed by atoms with Crippen molar-refractivity contribution in [3.8, 4) is 0 Å². The van der Waals surface area contributed by atoms with Gasteiger partial charge in [-0.05, 0) is 56.4 Å². The molecule has 2 atom stereocenters. The predicted octanol–water partition coefficient (Wildman–Crippen LogP) is 1.32. The van der Waals surface area contributed by atoms with Gasteiger partial charge in [0.05, 0.1) is 5.70 Å². The van der Waals surface area contributed by atoms with Crippen molar-refractivity contribution < 1.29 is 4.79 Å². The Morgan fingerprint density at radius 2 is 2.00 bits per heavy atom. The summed E-state index contributed by atoms with van der Waals surface area (Å²) >= 11 is 0. The van der Waals surface area contributed by atoms with Gasteiger partial charge in [-0.1, -0.05) is 13.3 Å². The molecule has 2 aliphatic rings. The minimum absolute atomic E-state index is 0.163. The van der Waals surface area contributed by atoms with Gasteiger partial charge in [-0.15, -0.1) is 0 Å². The number of nitrogens with two attached hydrogens (primary N) is 2. The summed E-state index contributed by atoms with van der Waals surface area (Å²) in [5, 5.41) is 3.08. The van der Waals surface area contributed by atoms with Gasteiger partial charge in [0.2, 0.25) is 0 Å². The summed E-state index contributed by atoms with van der Waals surface area (Å²) in [6.07, 6.45) is 6.84. The van der Waals surface area contributed by atoms with Crippen molar-refractivity contribution in [3.63, 3.8) is 0 Å². The Labute approximate surface area is 133 Å². The minimum Gasteiger partial charge on any atom is -0.404 e. The van der Waals surface area contributed by atoms with E-state index in [0.717, 1.165) is 31.5 Å². The smallest absolute Gasteiger partial charge is 0.267 e. The number of nitrogens with one attached hydrogen (secondary N) is 1. The molecule has 5 heteroatoms. The van der Waals surface area contributed by atoms with Gasteiger partial charge in [0.1, 0.15) is 0 Å². The first kappa shape index (κ1) is 16.9. The van der Waals surface area contributed by atoms with Gasteiger partial charge >= 0.3 is 0 Å². The van der Waals surface area contributed by atoms with E-state index in [2.05, 4.69) is 31.0 Å². The number of nitrogens with zero attached hydrogens (tertiary/aromatic N) is 1. The van der Waals surface area contributed by atoms with E-state index in [9.17, 15) is 4.79 Å². The van der Waals surface area contributed by atoms with Crippen LogP contribution in [0.3, 0.4) is 0 Å². The normalized spacial score (nSPS) is 28.0. The second-order valence-corrected chi connectivity index (χ2v) is 7.00. The van der Waals surface area contributed by atoms with Crippen LogP contribution in [0.2, 0.25) is 0 Å². The average Bonchev–Trinajstić information content (AvgIpc) is 2.77. The number of carbonyl (C=O) groups is 1. The third kappa shape index (κ3) is 3.83. The van der Waals surface area contributed by atoms with E-state index in [-0.39, 0.29) is 17.6 Å². The first-order valence-corrected chi connectivity index (χ1v) is 8.36. The van der Waals surface area contributed by atoms with Gasteiger partial charge in [0, 0.05) is 25.2 Å². The number of carbonyl (C=O) groups excluding carboxylic acids is 1. The van der Waals surface area contributed by atoms with Crippen LogP contribution in [0, 0.1) is 11.8 Å². The Morgan fingerprint density at radius 1 is 1.32 bits per heavy atom. The standard InChI is InChI=1S/C17H30N4O/c1-11(2)21-9-12(3)16(10-21)20-17(22)15(19)7-14(8-18)13-5-4-6-13/h7-8,11-13,16H,4-6,9-10,18-19H2,1-3H3,(H,20,22)/b14-8+,15-7-. The van der Waals surface area contributed by atoms with Crippen molar-refractivity contribution in [2.75, 3.05) is 13.1 Å². The maximum atomic E-state index is 12.3. The highest BCUT2D eigenvalue weighted by Crippen LogP contribution is 2.33. The molecule has 2 unspecified atom stereocenters. The molecule has 1 amide bonds. The molecule has 2 rings (SSSR count). The fraction of sp³-hybridized carbons (Fsp3) is 0.706. The molecule has 2 fully saturated rings. The van der Waals surface area contributed by atoms with Gasteiger partial charge < -0.3 is 16.8 Å². The number of hydrogen-bond acceptors (Lipinski definition) is 4. The molecular formula is C17H30N4O. The zero-order valence-corrected chi connectivity index (χ0v) is 14.0. The number of likely N-dealkylation sites (tertiary alicyclic amines) is 1. The minimum atomic E-state index is -0.180. The van der Waals surface area contributed by atoms with E-state index in [0.29, 0.717) is 17.9 Å². The topological polar surface area (TPSA) is 84.4 Å². The summed E-state index contributed by atoms with van der Waals surface area (Å²) in [6, 6.07) is 0.665. The van der Waals surface area contributed by atoms with Crippen LogP contribution in [-0.4, -0.2) is 36.0 Å². The Balaban J connectivity index is 1.93. The Hall–Kier alpha value is -1.49. The maximum absolute atomic E-state index is 12.3. The van der Waals surface area contributed by atoms with Crippen molar-refractivity contribution >= 4 is 5.91 Å². The second-order valence-electron chi connectivity index (χ2n) is 7.00. The van der Waals surface area contributed by atoms with Gasteiger partial charge in [-0.2, -0.15) is 0 Å². The lowest BCUT2D eigenvalue weighted by atomic mass is 9.79. The van der Waals surface area contributed by atoms with E-state index >= 15 is 0 Å². The largest absolute Gasteiger partial charge is 0.404 e. The molecule has 1 saturated heterocycles. The monoisotopic (exact) mass is 306 g/mol. The Kier molecular flexibility index (Phi) is 5.51. The molecular weight excluding hydrogens is 276 g/mol. The van der Waals surface area contributed by atoms with E-state index in [4.69, 9.17) is 11.5 Å². The molecule has 5 N–H and O–H groups in total. The van der Waals surface area contributed by atoms with Crippen molar-refractivity contribution in [1.29, 1.82) is 0 Å². The fourth-order valence-electron chi connectivity index (χ4n) is 3.15. The SMILES string of the molecule is CC1CN(C(C)C)CC1NC(=O)/C(N)=C/C(=C\N)C1CCC1. The van der Waals surface area contributed by atoms with Crippen LogP contribution < -0.4 is 16.8 Å². The quantitative estimate of drug-likeness (QED) is 0.528. The van der Waals surface area contributed by atoms with Crippen LogP contribution in [-0.2, 0) is 4.79 Å². The molecule has 0 radical (unpaired) electrons. The van der Waals surface area contributed by atoms with Gasteiger partial charge in [0.15, 0.2) is 0 Å². The zero-order valence-electron chi connectivity index (χ0n) is 14.0. The molecule has 0 aromatic rings. The summed E-state index contributed by atoms with van der Waals surface area (Å²) in [7, 11) is 0. The van der Waals surface area contributed by atoms with Gasteiger partial charge in [0.25, 0.3) is 5.91 Å². The van der Waals surface area contributed by atoms with Crippen LogP contribution >= 0.6 is 0 Å². The van der Waals surface area contributed by atoms with Crippen LogP contribution in [0.25, 0.3) is 0 Å². The molecule has 124 valence electrons. The van der Waals surface area contributed by atoms with Crippen molar-refractivity contribution in [1.82, 2.24) is 10.2 Å². The second kappa shape index (κ2) is 7.18. The number of rotatable bonds is 5. The molecule has 1 heterocycles. The summed E-state index contributed by atoms with van der Waals surface area (Å²) in [5.74, 6) is 0.731. The lowest BCUT2D eigenvalue weighted by Crippen LogP contribution is -2.42. The highest BCUT2D eigenvalue weighted by atomic mass is 16.2. The first-order valence-electron chi connectivity index (χ1n) is 8.36. The number of amides is 1. The van der Waals surface area contributed by atoms with E-state index in [1.807, 2.05) is 0 Å². The summed E-state index contributed by atoms with van der Waals surface area (Å²) < 4.78 is 0. The van der Waals surface area contributed by atoms with Crippen molar-refractivity contribution in [2.45, 2.75) is 52.1 Å². The van der Waals surface area contributed by atoms with Gasteiger partial charge in [-0.3, -0.25) is 9.69 Å². The first-order chi connectivity index (χ1) is 10.4. The lowest BCUT2D eigenvalue weighted by molar-refractivity contribution is -0.118. The third-order valence-corrected chi connectivity index (χ3v) is 5.04. The zero-order chi connectivity index (χ0) is 16.3. The average molecular weight is 306 g/mol. The Morgan fingerprint density at radius 3 is 2.45 bits per heavy atom. The molecule has 0 aromatic carbocycles. The molecule has 0 spiro atoms. The molecule has 0 aromatic heterocycles. The number of allylic oxidation sites excluding steroid dienone is 2. The van der Waals surface area contributed by atoms with Crippen LogP contribution in [0.1, 0.15) is 40.0 Å². The molecule has 1 aliphatic carbocycles. The lowest BCUT2D eigenvalue weighted by Gasteiger charge is -2.26. The third-order valence-electron chi connectivity index (χ3n) is 5.04. The number of hydrogen-bond donors (Lipinski definition) is 3. The van der Waals surface area contributed by atoms with Gasteiger partial charge in [-0.25, -0.2) is 0 Å². The maximum Gasteiger partial charge on any atom is 0.267 e. The van der Waals surface area contributed by atoms with Crippen molar-refractivity contribution in [3.05, 3.63) is 23.5 Å². The highest BCUT2D eigenvalue weighted by molar-refractivity contribution is 5.93. The van der Waals surface area contributed by atoms with Crippen LogP contribution in [0.4, 0.5) is 0 Å². The van der Waals surface area contributed by atoms with Crippen molar-refractivity contribution in [2.24, 2.45) is 23.3 Å². The summed E-state index contributed by atoms with van der Waals surface area (Å²) in [6.45, 7) is 8.44. The Bertz CT molecular complexity index is 465. The fourth-order valence-corrected chi connectivity index (χ4v) is 3.15. The molecule has 5 nitrogen and oxygen atoms in total. The predicted molar refractivity (Wildman–Crippen MR) is 89.7 cm³/mol. The van der Waals surface area contributed by atoms with E-state index < -0.39 is 0 Å². The van der Waals surface area contributed by atoms with Crippen LogP contribution in [0.15, 0.2) is 23.5 Å². The van der Waals surface area contributed by atoms with E-state index in [1.54, 1.807) is 12.3 Å². The molecule has 1 aliphatic heterocycles. The summed E-state index contributed by atoms with van der Waals surface area (Å²) in [5.41, 5.74) is 12.9. The molecule has 0 bridgehead atoms.